The van der Waals surface area contributed by atoms with Crippen LogP contribution in [0.4, 0.5) is 17.1 Å². The lowest BCUT2D eigenvalue weighted by Crippen LogP contribution is -2.16. The van der Waals surface area contributed by atoms with E-state index in [0.717, 1.165) is 11.3 Å². The van der Waals surface area contributed by atoms with Gasteiger partial charge in [-0.15, -0.1) is 0 Å². The smallest absolute Gasteiger partial charge is 0.226 e. The summed E-state index contributed by atoms with van der Waals surface area (Å²) in [6.45, 7) is 3.85. The van der Waals surface area contributed by atoms with Crippen molar-refractivity contribution in [2.24, 2.45) is 0 Å². The first kappa shape index (κ1) is 17.8. The molecule has 0 heterocycles. The molecule has 0 unspecified atom stereocenters. The molecule has 0 bridgehead atoms. The van der Waals surface area contributed by atoms with Gasteiger partial charge >= 0.3 is 0 Å². The maximum Gasteiger partial charge on any atom is 0.226 e. The molecule has 2 aromatic carbocycles. The summed E-state index contributed by atoms with van der Waals surface area (Å²) in [5.41, 5.74) is 3.21. The van der Waals surface area contributed by atoms with Gasteiger partial charge in [0.25, 0.3) is 0 Å². The Morgan fingerprint density at radius 3 is 2.42 bits per heavy atom. The number of amides is 2. The molecule has 126 valence electrons. The molecule has 0 aliphatic rings. The van der Waals surface area contributed by atoms with Crippen molar-refractivity contribution in [2.75, 3.05) is 22.5 Å². The van der Waals surface area contributed by atoms with Gasteiger partial charge in [-0.25, -0.2) is 0 Å². The number of nitrogens with one attached hydrogen (secondary N) is 3. The van der Waals surface area contributed by atoms with Crippen molar-refractivity contribution in [2.45, 2.75) is 20.3 Å². The molecule has 0 aliphatic carbocycles. The van der Waals surface area contributed by atoms with Gasteiger partial charge in [0.2, 0.25) is 11.8 Å². The molecule has 0 aromatic heterocycles. The fourth-order valence-corrected chi connectivity index (χ4v) is 2.31. The number of hydrogen-bond donors (Lipinski definition) is 3. The van der Waals surface area contributed by atoms with Crippen LogP contribution >= 0.6 is 11.6 Å². The average Bonchev–Trinajstić information content (AvgIpc) is 2.51. The highest BCUT2D eigenvalue weighted by molar-refractivity contribution is 6.31. The molecular formula is C18H20ClN3O2. The molecule has 0 atom stereocenters. The van der Waals surface area contributed by atoms with Crippen molar-refractivity contribution in [3.05, 3.63) is 53.1 Å². The molecule has 2 aromatic rings. The van der Waals surface area contributed by atoms with Gasteiger partial charge in [0.15, 0.2) is 0 Å². The lowest BCUT2D eigenvalue weighted by molar-refractivity contribution is -0.116. The summed E-state index contributed by atoms with van der Waals surface area (Å²) < 4.78 is 0. The number of carbonyl (C=O) groups is 2. The minimum atomic E-state index is -0.122. The van der Waals surface area contributed by atoms with E-state index in [1.54, 1.807) is 12.1 Å². The Kier molecular flexibility index (Phi) is 6.21. The van der Waals surface area contributed by atoms with E-state index < -0.39 is 0 Å². The van der Waals surface area contributed by atoms with Crippen LogP contribution in [0.2, 0.25) is 5.02 Å². The average molecular weight is 346 g/mol. The minimum Gasteiger partial charge on any atom is -0.384 e. The van der Waals surface area contributed by atoms with Crippen LogP contribution in [-0.4, -0.2) is 18.4 Å². The molecule has 0 saturated carbocycles. The normalized spacial score (nSPS) is 10.1. The largest absolute Gasteiger partial charge is 0.384 e. The van der Waals surface area contributed by atoms with Crippen LogP contribution in [0.15, 0.2) is 42.5 Å². The SMILES string of the molecule is CC(=O)Nc1cccc(NCCC(=O)Nc2ccc(C)c(Cl)c2)c1. The summed E-state index contributed by atoms with van der Waals surface area (Å²) in [7, 11) is 0. The van der Waals surface area contributed by atoms with E-state index in [-0.39, 0.29) is 11.8 Å². The molecular weight excluding hydrogens is 326 g/mol. The number of anilines is 3. The molecule has 3 N–H and O–H groups in total. The zero-order valence-corrected chi connectivity index (χ0v) is 14.4. The summed E-state index contributed by atoms with van der Waals surface area (Å²) in [6.07, 6.45) is 0.315. The fourth-order valence-electron chi connectivity index (χ4n) is 2.12. The van der Waals surface area contributed by atoms with Gasteiger partial charge in [0, 0.05) is 42.0 Å². The van der Waals surface area contributed by atoms with E-state index in [1.165, 1.54) is 6.92 Å². The molecule has 6 heteroatoms. The maximum atomic E-state index is 12.0. The van der Waals surface area contributed by atoms with E-state index in [9.17, 15) is 9.59 Å². The second-order valence-electron chi connectivity index (χ2n) is 5.45. The first-order valence-electron chi connectivity index (χ1n) is 7.61. The van der Waals surface area contributed by atoms with Crippen LogP contribution in [0.5, 0.6) is 0 Å². The van der Waals surface area contributed by atoms with Crippen LogP contribution in [0.25, 0.3) is 0 Å². The second-order valence-corrected chi connectivity index (χ2v) is 5.86. The van der Waals surface area contributed by atoms with Gasteiger partial charge in [-0.1, -0.05) is 23.7 Å². The summed E-state index contributed by atoms with van der Waals surface area (Å²) in [5.74, 6) is -0.219. The van der Waals surface area contributed by atoms with Crippen LogP contribution in [0, 0.1) is 6.92 Å². The van der Waals surface area contributed by atoms with Crippen LogP contribution in [0.3, 0.4) is 0 Å². The van der Waals surface area contributed by atoms with Crippen molar-refractivity contribution >= 4 is 40.5 Å². The lowest BCUT2D eigenvalue weighted by atomic mass is 10.2. The third-order valence-electron chi connectivity index (χ3n) is 3.32. The first-order valence-corrected chi connectivity index (χ1v) is 7.99. The van der Waals surface area contributed by atoms with Crippen LogP contribution in [-0.2, 0) is 9.59 Å². The van der Waals surface area contributed by atoms with E-state index in [4.69, 9.17) is 11.6 Å². The second kappa shape index (κ2) is 8.36. The quantitative estimate of drug-likeness (QED) is 0.739. The number of halogens is 1. The fraction of sp³-hybridized carbons (Fsp3) is 0.222. The molecule has 0 fully saturated rings. The van der Waals surface area contributed by atoms with E-state index in [1.807, 2.05) is 37.3 Å². The Bertz CT molecular complexity index is 747. The predicted octanol–water partition coefficient (Wildman–Crippen LogP) is 4.05. The zero-order valence-electron chi connectivity index (χ0n) is 13.7. The third-order valence-corrected chi connectivity index (χ3v) is 3.73. The standard InChI is InChI=1S/C18H20ClN3O2/c1-12-6-7-16(11-17(12)19)22-18(24)8-9-20-14-4-3-5-15(10-14)21-13(2)23/h3-7,10-11,20H,8-9H2,1-2H3,(H,21,23)(H,22,24). The molecule has 0 aliphatic heterocycles. The molecule has 5 nitrogen and oxygen atoms in total. The Balaban J connectivity index is 1.82. The topological polar surface area (TPSA) is 70.2 Å². The number of carbonyl (C=O) groups excluding carboxylic acids is 2. The Hall–Kier alpha value is -2.53. The van der Waals surface area contributed by atoms with Crippen molar-refractivity contribution in [1.82, 2.24) is 0 Å². The maximum absolute atomic E-state index is 12.0. The van der Waals surface area contributed by atoms with Crippen molar-refractivity contribution in [3.63, 3.8) is 0 Å². The Morgan fingerprint density at radius 2 is 1.71 bits per heavy atom. The molecule has 24 heavy (non-hydrogen) atoms. The van der Waals surface area contributed by atoms with Crippen LogP contribution < -0.4 is 16.0 Å². The molecule has 2 amide bonds. The minimum absolute atomic E-state index is 0.0968. The monoisotopic (exact) mass is 345 g/mol. The van der Waals surface area contributed by atoms with Crippen LogP contribution in [0.1, 0.15) is 18.9 Å². The molecule has 2 rings (SSSR count). The highest BCUT2D eigenvalue weighted by Crippen LogP contribution is 2.20. The highest BCUT2D eigenvalue weighted by atomic mass is 35.5. The highest BCUT2D eigenvalue weighted by Gasteiger charge is 2.04. The van der Waals surface area contributed by atoms with Crippen molar-refractivity contribution in [3.8, 4) is 0 Å². The summed E-state index contributed by atoms with van der Waals surface area (Å²) in [4.78, 5) is 23.0. The zero-order chi connectivity index (χ0) is 17.5. The van der Waals surface area contributed by atoms with Gasteiger partial charge in [-0.2, -0.15) is 0 Å². The number of rotatable bonds is 6. The number of aryl methyl sites for hydroxylation is 1. The van der Waals surface area contributed by atoms with Gasteiger partial charge in [0.1, 0.15) is 0 Å². The van der Waals surface area contributed by atoms with Crippen molar-refractivity contribution in [1.29, 1.82) is 0 Å². The third kappa shape index (κ3) is 5.59. The molecule has 0 saturated heterocycles. The Morgan fingerprint density at radius 1 is 1.00 bits per heavy atom. The summed E-state index contributed by atoms with van der Waals surface area (Å²) >= 11 is 6.04. The lowest BCUT2D eigenvalue weighted by Gasteiger charge is -2.10. The molecule has 0 radical (unpaired) electrons. The van der Waals surface area contributed by atoms with Gasteiger partial charge in [0.05, 0.1) is 0 Å². The van der Waals surface area contributed by atoms with E-state index in [2.05, 4.69) is 16.0 Å². The predicted molar refractivity (Wildman–Crippen MR) is 98.7 cm³/mol. The van der Waals surface area contributed by atoms with E-state index >= 15 is 0 Å². The number of hydrogen-bond acceptors (Lipinski definition) is 3. The van der Waals surface area contributed by atoms with Crippen molar-refractivity contribution < 1.29 is 9.59 Å². The number of benzene rings is 2. The Labute approximate surface area is 146 Å². The van der Waals surface area contributed by atoms with Gasteiger partial charge < -0.3 is 16.0 Å². The summed E-state index contributed by atoms with van der Waals surface area (Å²) in [6, 6.07) is 12.8. The van der Waals surface area contributed by atoms with Gasteiger partial charge in [-0.05, 0) is 42.8 Å². The van der Waals surface area contributed by atoms with Gasteiger partial charge in [-0.3, -0.25) is 9.59 Å². The first-order chi connectivity index (χ1) is 11.4. The van der Waals surface area contributed by atoms with E-state index in [0.29, 0.717) is 29.4 Å². The molecule has 0 spiro atoms. The summed E-state index contributed by atoms with van der Waals surface area (Å²) in [5, 5.41) is 9.31.